The third kappa shape index (κ3) is 8.07. The molecule has 0 aromatic carbocycles. The van der Waals surface area contributed by atoms with Crippen LogP contribution in [0.2, 0.25) is 0 Å². The molecular weight excluding hydrogens is 303 g/mol. The quantitative estimate of drug-likeness (QED) is 0.368. The Hall–Kier alpha value is -2.33. The molecule has 1 aromatic rings. The first kappa shape index (κ1) is 17.7. The standard InChI is InChI=1S/C11H18F3N7O/c12-11(13,14)7-17-10(16)19-9-6-18-21(20-9)5-3-1-2-4-8(15)22/h6H,1-5,7H2,(H2,15,22)(H3,16,17,19,20). The summed E-state index contributed by atoms with van der Waals surface area (Å²) in [6.07, 6.45) is -0.500. The number of aryl methyl sites for hydroxylation is 1. The van der Waals surface area contributed by atoms with Crippen LogP contribution >= 0.6 is 0 Å². The van der Waals surface area contributed by atoms with Crippen molar-refractivity contribution in [2.45, 2.75) is 38.4 Å². The molecule has 0 bridgehead atoms. The zero-order chi connectivity index (χ0) is 16.6. The van der Waals surface area contributed by atoms with Gasteiger partial charge in [0.05, 0.1) is 12.7 Å². The minimum absolute atomic E-state index is 0.209. The second-order valence-electron chi connectivity index (χ2n) is 4.54. The van der Waals surface area contributed by atoms with E-state index in [1.807, 2.05) is 0 Å². The van der Waals surface area contributed by atoms with Crippen LogP contribution in [0.1, 0.15) is 25.7 Å². The molecule has 0 unspecified atom stereocenters. The van der Waals surface area contributed by atoms with Crippen LogP contribution in [0.3, 0.4) is 0 Å². The Bertz CT molecular complexity index is 512. The average Bonchev–Trinajstić information content (AvgIpc) is 2.82. The van der Waals surface area contributed by atoms with Crippen molar-refractivity contribution in [2.75, 3.05) is 11.9 Å². The minimum atomic E-state index is -4.41. The van der Waals surface area contributed by atoms with Crippen LogP contribution in [0, 0.1) is 0 Å². The Morgan fingerprint density at radius 2 is 2.05 bits per heavy atom. The molecule has 5 N–H and O–H groups in total. The maximum Gasteiger partial charge on any atom is 0.408 e. The predicted molar refractivity (Wildman–Crippen MR) is 73.9 cm³/mol. The number of hydrogen-bond acceptors (Lipinski definition) is 4. The summed E-state index contributed by atoms with van der Waals surface area (Å²) in [5.41, 5.74) is 10.3. The number of nitrogens with two attached hydrogens (primary N) is 2. The molecule has 1 rings (SSSR count). The summed E-state index contributed by atoms with van der Waals surface area (Å²) >= 11 is 0. The number of amides is 1. The monoisotopic (exact) mass is 321 g/mol. The fraction of sp³-hybridized carbons (Fsp3) is 0.636. The van der Waals surface area contributed by atoms with Crippen molar-refractivity contribution in [3.8, 4) is 0 Å². The largest absolute Gasteiger partial charge is 0.408 e. The summed E-state index contributed by atoms with van der Waals surface area (Å²) in [4.78, 5) is 15.1. The van der Waals surface area contributed by atoms with E-state index < -0.39 is 12.7 Å². The molecular formula is C11H18F3N7O. The van der Waals surface area contributed by atoms with Crippen molar-refractivity contribution in [3.63, 3.8) is 0 Å². The van der Waals surface area contributed by atoms with Crippen LogP contribution in [-0.4, -0.2) is 39.6 Å². The third-order valence-corrected chi connectivity index (χ3v) is 2.50. The van der Waals surface area contributed by atoms with Gasteiger partial charge in [-0.1, -0.05) is 6.42 Å². The average molecular weight is 321 g/mol. The molecule has 0 fully saturated rings. The van der Waals surface area contributed by atoms with Crippen molar-refractivity contribution in [1.82, 2.24) is 15.0 Å². The molecule has 0 atom stereocenters. The molecule has 0 saturated heterocycles. The molecule has 8 nitrogen and oxygen atoms in total. The van der Waals surface area contributed by atoms with Gasteiger partial charge in [0, 0.05) is 6.42 Å². The van der Waals surface area contributed by atoms with Gasteiger partial charge in [0.1, 0.15) is 6.54 Å². The van der Waals surface area contributed by atoms with E-state index in [2.05, 4.69) is 20.5 Å². The molecule has 22 heavy (non-hydrogen) atoms. The van der Waals surface area contributed by atoms with Gasteiger partial charge in [-0.05, 0) is 12.8 Å². The molecule has 0 aliphatic heterocycles. The predicted octanol–water partition coefficient (Wildman–Crippen LogP) is 0.613. The lowest BCUT2D eigenvalue weighted by Crippen LogP contribution is -2.25. The van der Waals surface area contributed by atoms with Gasteiger partial charge in [-0.25, -0.2) is 4.99 Å². The number of carbonyl (C=O) groups is 1. The lowest BCUT2D eigenvalue weighted by Gasteiger charge is -2.04. The third-order valence-electron chi connectivity index (χ3n) is 2.50. The maximum atomic E-state index is 12.0. The summed E-state index contributed by atoms with van der Waals surface area (Å²) in [6, 6.07) is 0. The van der Waals surface area contributed by atoms with Gasteiger partial charge < -0.3 is 16.8 Å². The van der Waals surface area contributed by atoms with Crippen LogP contribution in [0.4, 0.5) is 19.0 Å². The van der Waals surface area contributed by atoms with Gasteiger partial charge >= 0.3 is 6.18 Å². The number of alkyl halides is 3. The SMILES string of the molecule is NC(=O)CCCCCn1ncc(NC(N)=NCC(F)(F)F)n1. The van der Waals surface area contributed by atoms with Gasteiger partial charge in [0.15, 0.2) is 11.8 Å². The molecule has 0 aliphatic rings. The van der Waals surface area contributed by atoms with E-state index in [4.69, 9.17) is 11.5 Å². The number of primary amides is 1. The highest BCUT2D eigenvalue weighted by atomic mass is 19.4. The van der Waals surface area contributed by atoms with Crippen molar-refractivity contribution in [1.29, 1.82) is 0 Å². The van der Waals surface area contributed by atoms with Gasteiger partial charge in [-0.15, -0.1) is 5.10 Å². The summed E-state index contributed by atoms with van der Waals surface area (Å²) in [5.74, 6) is -0.510. The van der Waals surface area contributed by atoms with Gasteiger partial charge in [-0.2, -0.15) is 23.1 Å². The normalized spacial score (nSPS) is 12.4. The number of anilines is 1. The zero-order valence-electron chi connectivity index (χ0n) is 11.8. The summed E-state index contributed by atoms with van der Waals surface area (Å²) < 4.78 is 35.9. The first-order valence-corrected chi connectivity index (χ1v) is 6.58. The Morgan fingerprint density at radius 3 is 2.68 bits per heavy atom. The Morgan fingerprint density at radius 1 is 1.32 bits per heavy atom. The van der Waals surface area contributed by atoms with Gasteiger partial charge in [0.25, 0.3) is 0 Å². The topological polar surface area (TPSA) is 124 Å². The summed E-state index contributed by atoms with van der Waals surface area (Å²) in [7, 11) is 0. The molecule has 11 heteroatoms. The first-order valence-electron chi connectivity index (χ1n) is 6.58. The number of halogens is 3. The number of nitrogens with one attached hydrogen (secondary N) is 1. The van der Waals surface area contributed by atoms with Crippen LogP contribution in [0.5, 0.6) is 0 Å². The molecule has 1 aromatic heterocycles. The van der Waals surface area contributed by atoms with E-state index in [1.54, 1.807) is 0 Å². The highest BCUT2D eigenvalue weighted by Crippen LogP contribution is 2.14. The van der Waals surface area contributed by atoms with Crippen LogP contribution in [0.25, 0.3) is 0 Å². The number of unbranched alkanes of at least 4 members (excludes halogenated alkanes) is 2. The maximum absolute atomic E-state index is 12.0. The lowest BCUT2D eigenvalue weighted by molar-refractivity contribution is -0.119. The molecule has 1 amide bonds. The zero-order valence-corrected chi connectivity index (χ0v) is 11.8. The summed E-state index contributed by atoms with van der Waals surface area (Å²) in [5, 5.41) is 10.3. The molecule has 1 heterocycles. The van der Waals surface area contributed by atoms with Crippen molar-refractivity contribution in [2.24, 2.45) is 16.5 Å². The number of aliphatic imine (C=N–C) groups is 1. The highest BCUT2D eigenvalue weighted by Gasteiger charge is 2.26. The fourth-order valence-corrected chi connectivity index (χ4v) is 1.54. The number of aromatic nitrogens is 3. The number of hydrogen-bond donors (Lipinski definition) is 3. The van der Waals surface area contributed by atoms with Crippen LogP contribution < -0.4 is 16.8 Å². The fourth-order valence-electron chi connectivity index (χ4n) is 1.54. The van der Waals surface area contributed by atoms with Crippen LogP contribution in [0.15, 0.2) is 11.2 Å². The first-order chi connectivity index (χ1) is 10.3. The van der Waals surface area contributed by atoms with E-state index >= 15 is 0 Å². The smallest absolute Gasteiger partial charge is 0.370 e. The van der Waals surface area contributed by atoms with E-state index in [0.29, 0.717) is 19.4 Å². The second kappa shape index (κ2) is 8.20. The Balaban J connectivity index is 2.33. The van der Waals surface area contributed by atoms with E-state index in [1.165, 1.54) is 11.0 Å². The molecule has 0 aliphatic carbocycles. The molecule has 0 spiro atoms. The second-order valence-corrected chi connectivity index (χ2v) is 4.54. The number of carbonyl (C=O) groups excluding carboxylic acids is 1. The van der Waals surface area contributed by atoms with E-state index in [-0.39, 0.29) is 17.7 Å². The minimum Gasteiger partial charge on any atom is -0.370 e. The van der Waals surface area contributed by atoms with E-state index in [9.17, 15) is 18.0 Å². The van der Waals surface area contributed by atoms with Crippen molar-refractivity contribution in [3.05, 3.63) is 6.20 Å². The molecule has 0 radical (unpaired) electrons. The van der Waals surface area contributed by atoms with Crippen LogP contribution in [-0.2, 0) is 11.3 Å². The highest BCUT2D eigenvalue weighted by molar-refractivity contribution is 5.91. The number of nitrogens with zero attached hydrogens (tertiary/aromatic N) is 4. The number of rotatable bonds is 8. The molecule has 124 valence electrons. The van der Waals surface area contributed by atoms with Crippen molar-refractivity contribution >= 4 is 17.7 Å². The van der Waals surface area contributed by atoms with E-state index in [0.717, 1.165) is 12.8 Å². The molecule has 0 saturated carbocycles. The summed E-state index contributed by atoms with van der Waals surface area (Å²) in [6.45, 7) is -0.847. The Kier molecular flexibility index (Phi) is 6.60. The van der Waals surface area contributed by atoms with Gasteiger partial charge in [0.2, 0.25) is 5.91 Å². The number of guanidine groups is 1. The Labute approximate surface area is 124 Å². The van der Waals surface area contributed by atoms with Gasteiger partial charge in [-0.3, -0.25) is 4.79 Å². The van der Waals surface area contributed by atoms with Crippen molar-refractivity contribution < 1.29 is 18.0 Å². The lowest BCUT2D eigenvalue weighted by atomic mass is 10.2.